The first-order valence-electron chi connectivity index (χ1n) is 8.03. The van der Waals surface area contributed by atoms with Crippen LogP contribution in [0.1, 0.15) is 32.3 Å². The highest BCUT2D eigenvalue weighted by Crippen LogP contribution is 2.24. The molecule has 0 unspecified atom stereocenters. The molecule has 0 spiro atoms. The lowest BCUT2D eigenvalue weighted by Gasteiger charge is -2.04. The van der Waals surface area contributed by atoms with Gasteiger partial charge >= 0.3 is 0 Å². The van der Waals surface area contributed by atoms with Crippen LogP contribution >= 0.6 is 0 Å². The van der Waals surface area contributed by atoms with Crippen molar-refractivity contribution in [3.8, 4) is 17.2 Å². The van der Waals surface area contributed by atoms with Gasteiger partial charge in [-0.05, 0) is 42.7 Å². The number of aryl methyl sites for hydroxylation is 1. The zero-order chi connectivity index (χ0) is 16.2. The average Bonchev–Trinajstić information content (AvgIpc) is 2.97. The summed E-state index contributed by atoms with van der Waals surface area (Å²) >= 11 is 0. The molecule has 1 heterocycles. The molecule has 0 aliphatic rings. The predicted molar refractivity (Wildman–Crippen MR) is 90.3 cm³/mol. The number of fused-ring (bicyclic) bond motifs is 1. The molecule has 2 aromatic carbocycles. The largest absolute Gasteiger partial charge is 0.506 e. The minimum atomic E-state index is 0.184. The first-order chi connectivity index (χ1) is 11.2. The van der Waals surface area contributed by atoms with Gasteiger partial charge in [0, 0.05) is 6.07 Å². The first-order valence-corrected chi connectivity index (χ1v) is 8.03. The van der Waals surface area contributed by atoms with Gasteiger partial charge in [0.2, 0.25) is 0 Å². The number of rotatable bonds is 6. The van der Waals surface area contributed by atoms with Gasteiger partial charge in [0.1, 0.15) is 28.2 Å². The summed E-state index contributed by atoms with van der Waals surface area (Å²) in [7, 11) is 0. The van der Waals surface area contributed by atoms with Gasteiger partial charge in [0.15, 0.2) is 0 Å². The molecule has 0 aliphatic carbocycles. The summed E-state index contributed by atoms with van der Waals surface area (Å²) in [5.74, 6) is 0.979. The van der Waals surface area contributed by atoms with Crippen molar-refractivity contribution in [2.45, 2.75) is 33.1 Å². The predicted octanol–water partition coefficient (Wildman–Crippen LogP) is 3.87. The van der Waals surface area contributed by atoms with Crippen LogP contribution in [0.25, 0.3) is 16.7 Å². The molecule has 120 valence electrons. The Morgan fingerprint density at radius 3 is 2.61 bits per heavy atom. The summed E-state index contributed by atoms with van der Waals surface area (Å²) in [5.41, 5.74) is 3.17. The van der Waals surface area contributed by atoms with Gasteiger partial charge in [-0.15, -0.1) is 15.0 Å². The zero-order valence-electron chi connectivity index (χ0n) is 13.5. The van der Waals surface area contributed by atoms with E-state index in [1.807, 2.05) is 30.3 Å². The smallest absolute Gasteiger partial charge is 0.143 e. The van der Waals surface area contributed by atoms with Crippen LogP contribution in [-0.2, 0) is 6.42 Å². The van der Waals surface area contributed by atoms with Crippen molar-refractivity contribution in [1.82, 2.24) is 15.0 Å². The average molecular weight is 311 g/mol. The van der Waals surface area contributed by atoms with Gasteiger partial charge in [-0.1, -0.05) is 26.3 Å². The van der Waals surface area contributed by atoms with Crippen molar-refractivity contribution < 1.29 is 9.84 Å². The number of phenols is 1. The minimum Gasteiger partial charge on any atom is -0.506 e. The van der Waals surface area contributed by atoms with E-state index in [0.29, 0.717) is 12.3 Å². The Bertz CT molecular complexity index is 811. The fourth-order valence-electron chi connectivity index (χ4n) is 2.38. The molecule has 23 heavy (non-hydrogen) atoms. The van der Waals surface area contributed by atoms with Crippen LogP contribution in [0.5, 0.6) is 11.5 Å². The summed E-state index contributed by atoms with van der Waals surface area (Å²) in [4.78, 5) is 1.47. The van der Waals surface area contributed by atoms with Crippen LogP contribution in [0.2, 0.25) is 0 Å². The molecule has 0 atom stereocenters. The van der Waals surface area contributed by atoms with Crippen molar-refractivity contribution in [3.05, 3.63) is 42.0 Å². The van der Waals surface area contributed by atoms with E-state index in [0.717, 1.165) is 41.6 Å². The van der Waals surface area contributed by atoms with Crippen LogP contribution in [0.4, 0.5) is 0 Å². The molecule has 0 saturated carbocycles. The molecule has 3 rings (SSSR count). The lowest BCUT2D eigenvalue weighted by molar-refractivity contribution is 0.310. The number of aromatic hydroxyl groups is 1. The molecule has 5 nitrogen and oxygen atoms in total. The van der Waals surface area contributed by atoms with Crippen molar-refractivity contribution in [2.75, 3.05) is 6.61 Å². The number of nitrogens with zero attached hydrogens (tertiary/aromatic N) is 3. The number of aromatic nitrogens is 3. The number of unbranched alkanes of at least 4 members (excludes halogenated alkanes) is 1. The SMILES string of the molecule is CCCCOc1ccc2nn(-c3ccc(CC)cc3O)nc2c1. The maximum Gasteiger partial charge on any atom is 0.143 e. The standard InChI is InChI=1S/C18H21N3O2/c1-3-5-10-23-14-7-8-15-16(12-14)20-21(19-15)17-9-6-13(4-2)11-18(17)22/h6-9,11-12,22H,3-5,10H2,1-2H3. The Kier molecular flexibility index (Phi) is 4.46. The quantitative estimate of drug-likeness (QED) is 0.702. The molecule has 5 heteroatoms. The van der Waals surface area contributed by atoms with Crippen molar-refractivity contribution >= 4 is 11.0 Å². The van der Waals surface area contributed by atoms with E-state index in [2.05, 4.69) is 24.0 Å². The third-order valence-electron chi connectivity index (χ3n) is 3.78. The van der Waals surface area contributed by atoms with Crippen molar-refractivity contribution in [3.63, 3.8) is 0 Å². The second-order valence-electron chi connectivity index (χ2n) is 5.52. The molecule has 0 saturated heterocycles. The van der Waals surface area contributed by atoms with Gasteiger partial charge < -0.3 is 9.84 Å². The summed E-state index contributed by atoms with van der Waals surface area (Å²) in [6, 6.07) is 11.2. The molecule has 0 bridgehead atoms. The fourth-order valence-corrected chi connectivity index (χ4v) is 2.38. The van der Waals surface area contributed by atoms with Crippen LogP contribution in [-0.4, -0.2) is 26.7 Å². The molecular weight excluding hydrogens is 290 g/mol. The van der Waals surface area contributed by atoms with Gasteiger partial charge in [0.05, 0.1) is 6.61 Å². The van der Waals surface area contributed by atoms with E-state index >= 15 is 0 Å². The van der Waals surface area contributed by atoms with E-state index in [1.165, 1.54) is 4.80 Å². The Hall–Kier alpha value is -2.56. The lowest BCUT2D eigenvalue weighted by atomic mass is 10.1. The highest BCUT2D eigenvalue weighted by molar-refractivity contribution is 5.75. The van der Waals surface area contributed by atoms with Crippen LogP contribution in [0.3, 0.4) is 0 Å². The Balaban J connectivity index is 1.90. The summed E-state index contributed by atoms with van der Waals surface area (Å²) in [6.07, 6.45) is 3.01. The minimum absolute atomic E-state index is 0.184. The van der Waals surface area contributed by atoms with Gasteiger partial charge in [-0.3, -0.25) is 0 Å². The Labute approximate surface area is 135 Å². The third-order valence-corrected chi connectivity index (χ3v) is 3.78. The first kappa shape index (κ1) is 15.3. The Morgan fingerprint density at radius 2 is 1.87 bits per heavy atom. The number of phenolic OH excluding ortho intramolecular Hbond substituents is 1. The van der Waals surface area contributed by atoms with Crippen molar-refractivity contribution in [2.24, 2.45) is 0 Å². The molecule has 0 radical (unpaired) electrons. The van der Waals surface area contributed by atoms with Gasteiger partial charge in [-0.2, -0.15) is 0 Å². The van der Waals surface area contributed by atoms with E-state index < -0.39 is 0 Å². The maximum absolute atomic E-state index is 10.2. The van der Waals surface area contributed by atoms with Crippen molar-refractivity contribution in [1.29, 1.82) is 0 Å². The van der Waals surface area contributed by atoms with E-state index in [-0.39, 0.29) is 5.75 Å². The van der Waals surface area contributed by atoms with Crippen LogP contribution in [0.15, 0.2) is 36.4 Å². The Morgan fingerprint density at radius 1 is 1.04 bits per heavy atom. The monoisotopic (exact) mass is 311 g/mol. The lowest BCUT2D eigenvalue weighted by Crippen LogP contribution is -1.99. The molecular formula is C18H21N3O2. The van der Waals surface area contributed by atoms with E-state index in [9.17, 15) is 5.11 Å². The second-order valence-corrected chi connectivity index (χ2v) is 5.52. The number of benzene rings is 2. The zero-order valence-corrected chi connectivity index (χ0v) is 13.5. The summed E-state index contributed by atoms with van der Waals surface area (Å²) in [6.45, 7) is 4.89. The van der Waals surface area contributed by atoms with Gasteiger partial charge in [0.25, 0.3) is 0 Å². The molecule has 3 aromatic rings. The van der Waals surface area contributed by atoms with Crippen LogP contribution in [0, 0.1) is 0 Å². The number of hydrogen-bond acceptors (Lipinski definition) is 4. The van der Waals surface area contributed by atoms with Crippen LogP contribution < -0.4 is 4.74 Å². The highest BCUT2D eigenvalue weighted by atomic mass is 16.5. The molecule has 0 fully saturated rings. The third kappa shape index (κ3) is 3.28. The second kappa shape index (κ2) is 6.69. The number of hydrogen-bond donors (Lipinski definition) is 1. The molecule has 1 N–H and O–H groups in total. The fraction of sp³-hybridized carbons (Fsp3) is 0.333. The normalized spacial score (nSPS) is 11.0. The number of ether oxygens (including phenoxy) is 1. The molecule has 0 aliphatic heterocycles. The summed E-state index contributed by atoms with van der Waals surface area (Å²) < 4.78 is 5.70. The maximum atomic E-state index is 10.2. The highest BCUT2D eigenvalue weighted by Gasteiger charge is 2.10. The molecule has 0 amide bonds. The molecule has 1 aromatic heterocycles. The topological polar surface area (TPSA) is 60.2 Å². The van der Waals surface area contributed by atoms with E-state index in [4.69, 9.17) is 4.74 Å². The van der Waals surface area contributed by atoms with E-state index in [1.54, 1.807) is 6.07 Å². The summed E-state index contributed by atoms with van der Waals surface area (Å²) in [5, 5.41) is 19.1. The van der Waals surface area contributed by atoms with Gasteiger partial charge in [-0.25, -0.2) is 0 Å².